The van der Waals surface area contributed by atoms with Crippen molar-refractivity contribution in [3.8, 4) is 5.75 Å². The van der Waals surface area contributed by atoms with Crippen molar-refractivity contribution in [3.63, 3.8) is 0 Å². The number of benzene rings is 2. The molecule has 0 atom stereocenters. The summed E-state index contributed by atoms with van der Waals surface area (Å²) in [6.07, 6.45) is 0. The van der Waals surface area contributed by atoms with Crippen LogP contribution in [0.15, 0.2) is 53.4 Å². The molecule has 0 aromatic heterocycles. The zero-order valence-electron chi connectivity index (χ0n) is 14.9. The summed E-state index contributed by atoms with van der Waals surface area (Å²) in [5.74, 6) is 0.143. The van der Waals surface area contributed by atoms with E-state index in [4.69, 9.17) is 10.5 Å². The van der Waals surface area contributed by atoms with Crippen molar-refractivity contribution < 1.29 is 17.9 Å². The van der Waals surface area contributed by atoms with Gasteiger partial charge in [0.25, 0.3) is 15.9 Å². The molecule has 0 aliphatic rings. The highest BCUT2D eigenvalue weighted by atomic mass is 32.2. The fourth-order valence-corrected chi connectivity index (χ4v) is 3.21. The van der Waals surface area contributed by atoms with E-state index in [1.165, 1.54) is 25.3 Å². The average Bonchev–Trinajstić information content (AvgIpc) is 2.59. The number of sulfonamides is 1. The van der Waals surface area contributed by atoms with Crippen LogP contribution in [0.25, 0.3) is 0 Å². The Morgan fingerprint density at radius 2 is 1.73 bits per heavy atom. The van der Waals surface area contributed by atoms with E-state index in [1.807, 2.05) is 0 Å². The van der Waals surface area contributed by atoms with Gasteiger partial charge in [0.15, 0.2) is 0 Å². The maximum atomic E-state index is 12.6. The number of nitrogens with two attached hydrogens (primary N) is 1. The molecule has 0 aliphatic heterocycles. The molecule has 0 saturated carbocycles. The van der Waals surface area contributed by atoms with Crippen LogP contribution in [0.4, 0.5) is 5.69 Å². The molecule has 0 saturated heterocycles. The van der Waals surface area contributed by atoms with Crippen molar-refractivity contribution in [2.75, 3.05) is 18.4 Å². The van der Waals surface area contributed by atoms with Gasteiger partial charge < -0.3 is 15.8 Å². The van der Waals surface area contributed by atoms with E-state index in [1.54, 1.807) is 44.2 Å². The summed E-state index contributed by atoms with van der Waals surface area (Å²) in [6, 6.07) is 12.4. The quantitative estimate of drug-likeness (QED) is 0.683. The van der Waals surface area contributed by atoms with Crippen LogP contribution < -0.4 is 20.5 Å². The SMILES string of the molecule is COc1ccc(S(=O)(=O)Nc2ccccc2C(=O)NCC(C)(C)N)cc1. The molecule has 4 N–H and O–H groups in total. The normalized spacial score (nSPS) is 11.7. The van der Waals surface area contributed by atoms with Gasteiger partial charge in [0.05, 0.1) is 23.3 Å². The third-order valence-electron chi connectivity index (χ3n) is 3.49. The van der Waals surface area contributed by atoms with Gasteiger partial charge in [-0.05, 0) is 50.2 Å². The smallest absolute Gasteiger partial charge is 0.261 e. The highest BCUT2D eigenvalue weighted by molar-refractivity contribution is 7.92. The molecule has 0 radical (unpaired) electrons. The van der Waals surface area contributed by atoms with Gasteiger partial charge in [-0.15, -0.1) is 0 Å². The fourth-order valence-electron chi connectivity index (χ4n) is 2.13. The molecule has 0 spiro atoms. The van der Waals surface area contributed by atoms with Crippen molar-refractivity contribution in [1.82, 2.24) is 5.32 Å². The Kier molecular flexibility index (Phi) is 5.89. The minimum atomic E-state index is -3.85. The van der Waals surface area contributed by atoms with Gasteiger partial charge in [-0.3, -0.25) is 9.52 Å². The molecule has 140 valence electrons. The standard InChI is InChI=1S/C18H23N3O4S/c1-18(2,19)12-20-17(22)15-6-4-5-7-16(15)21-26(23,24)14-10-8-13(25-3)9-11-14/h4-11,21H,12,19H2,1-3H3,(H,20,22). The van der Waals surface area contributed by atoms with Crippen molar-refractivity contribution in [2.24, 2.45) is 5.73 Å². The van der Waals surface area contributed by atoms with Gasteiger partial charge in [-0.25, -0.2) is 8.42 Å². The number of hydrogen-bond acceptors (Lipinski definition) is 5. The van der Waals surface area contributed by atoms with E-state index in [9.17, 15) is 13.2 Å². The van der Waals surface area contributed by atoms with Crippen LogP contribution in [-0.4, -0.2) is 33.5 Å². The Morgan fingerprint density at radius 1 is 1.12 bits per heavy atom. The Bertz CT molecular complexity index is 872. The molecule has 2 aromatic carbocycles. The van der Waals surface area contributed by atoms with Gasteiger partial charge in [-0.1, -0.05) is 12.1 Å². The molecular weight excluding hydrogens is 354 g/mol. The summed E-state index contributed by atoms with van der Waals surface area (Å²) in [5.41, 5.74) is 5.70. The van der Waals surface area contributed by atoms with E-state index in [2.05, 4.69) is 10.0 Å². The Hall–Kier alpha value is -2.58. The van der Waals surface area contributed by atoms with Crippen molar-refractivity contribution >= 4 is 21.6 Å². The minimum absolute atomic E-state index is 0.0663. The van der Waals surface area contributed by atoms with E-state index in [0.717, 1.165) is 0 Å². The maximum absolute atomic E-state index is 12.6. The third kappa shape index (κ3) is 5.21. The summed E-state index contributed by atoms with van der Waals surface area (Å²) >= 11 is 0. The molecule has 0 heterocycles. The molecule has 0 unspecified atom stereocenters. The molecular formula is C18H23N3O4S. The lowest BCUT2D eigenvalue weighted by Gasteiger charge is -2.19. The number of hydrogen-bond donors (Lipinski definition) is 3. The summed E-state index contributed by atoms with van der Waals surface area (Å²) < 4.78 is 32.7. The summed E-state index contributed by atoms with van der Waals surface area (Å²) in [4.78, 5) is 12.5. The number of amides is 1. The number of methoxy groups -OCH3 is 1. The Balaban J connectivity index is 2.24. The fraction of sp³-hybridized carbons (Fsp3) is 0.278. The van der Waals surface area contributed by atoms with Gasteiger partial charge in [0, 0.05) is 12.1 Å². The highest BCUT2D eigenvalue weighted by Crippen LogP contribution is 2.22. The first-order valence-corrected chi connectivity index (χ1v) is 9.44. The topological polar surface area (TPSA) is 111 Å². The van der Waals surface area contributed by atoms with Gasteiger partial charge in [0.2, 0.25) is 0 Å². The van der Waals surface area contributed by atoms with Crippen molar-refractivity contribution in [3.05, 3.63) is 54.1 Å². The molecule has 7 nitrogen and oxygen atoms in total. The monoisotopic (exact) mass is 377 g/mol. The molecule has 26 heavy (non-hydrogen) atoms. The number of nitrogens with one attached hydrogen (secondary N) is 2. The number of para-hydroxylation sites is 1. The van der Waals surface area contributed by atoms with Crippen LogP contribution in [0.2, 0.25) is 0 Å². The zero-order chi connectivity index (χ0) is 19.4. The minimum Gasteiger partial charge on any atom is -0.497 e. The number of carbonyl (C=O) groups is 1. The van der Waals surface area contributed by atoms with Crippen molar-refractivity contribution in [1.29, 1.82) is 0 Å². The first-order valence-electron chi connectivity index (χ1n) is 7.95. The van der Waals surface area contributed by atoms with Gasteiger partial charge >= 0.3 is 0 Å². The van der Waals surface area contributed by atoms with E-state index < -0.39 is 21.5 Å². The maximum Gasteiger partial charge on any atom is 0.261 e. The Morgan fingerprint density at radius 3 is 2.31 bits per heavy atom. The first kappa shape index (κ1) is 19.7. The molecule has 0 aliphatic carbocycles. The predicted molar refractivity (Wildman–Crippen MR) is 101 cm³/mol. The lowest BCUT2D eigenvalue weighted by molar-refractivity contribution is 0.0947. The van der Waals surface area contributed by atoms with E-state index >= 15 is 0 Å². The number of anilines is 1. The highest BCUT2D eigenvalue weighted by Gasteiger charge is 2.20. The molecule has 2 aromatic rings. The second-order valence-corrected chi connectivity index (χ2v) is 8.18. The van der Waals surface area contributed by atoms with Gasteiger partial charge in [0.1, 0.15) is 5.75 Å². The lowest BCUT2D eigenvalue weighted by atomic mass is 10.1. The molecule has 1 amide bonds. The molecule has 0 bridgehead atoms. The van der Waals surface area contributed by atoms with Crippen LogP contribution in [0.3, 0.4) is 0 Å². The Labute approximate surface area is 153 Å². The third-order valence-corrected chi connectivity index (χ3v) is 4.87. The first-order chi connectivity index (χ1) is 12.1. The number of rotatable bonds is 7. The van der Waals surface area contributed by atoms with Crippen LogP contribution in [0, 0.1) is 0 Å². The van der Waals surface area contributed by atoms with Crippen LogP contribution in [0.1, 0.15) is 24.2 Å². The molecule has 0 fully saturated rings. The number of ether oxygens (including phenoxy) is 1. The van der Waals surface area contributed by atoms with Crippen LogP contribution in [0.5, 0.6) is 5.75 Å². The molecule has 8 heteroatoms. The predicted octanol–water partition coefficient (Wildman–Crippen LogP) is 1.96. The van der Waals surface area contributed by atoms with E-state index in [-0.39, 0.29) is 22.7 Å². The largest absolute Gasteiger partial charge is 0.497 e. The second-order valence-electron chi connectivity index (χ2n) is 6.50. The summed E-state index contributed by atoms with van der Waals surface area (Å²) in [7, 11) is -2.35. The van der Waals surface area contributed by atoms with Crippen LogP contribution >= 0.6 is 0 Å². The summed E-state index contributed by atoms with van der Waals surface area (Å²) in [6.45, 7) is 3.82. The molecule has 2 rings (SSSR count). The average molecular weight is 377 g/mol. The van der Waals surface area contributed by atoms with Gasteiger partial charge in [-0.2, -0.15) is 0 Å². The lowest BCUT2D eigenvalue weighted by Crippen LogP contribution is -2.45. The van der Waals surface area contributed by atoms with Crippen LogP contribution in [-0.2, 0) is 10.0 Å². The van der Waals surface area contributed by atoms with E-state index in [0.29, 0.717) is 5.75 Å². The number of carbonyl (C=O) groups excluding carboxylic acids is 1. The zero-order valence-corrected chi connectivity index (χ0v) is 15.8. The van der Waals surface area contributed by atoms with Crippen molar-refractivity contribution in [2.45, 2.75) is 24.3 Å². The second kappa shape index (κ2) is 7.76. The summed E-state index contributed by atoms with van der Waals surface area (Å²) in [5, 5.41) is 2.70.